The zero-order valence-corrected chi connectivity index (χ0v) is 12.3. The minimum absolute atomic E-state index is 0.157. The lowest BCUT2D eigenvalue weighted by Crippen LogP contribution is -2.12. The van der Waals surface area contributed by atoms with Gasteiger partial charge in [-0.25, -0.2) is 4.52 Å². The Labute approximate surface area is 136 Å². The predicted octanol–water partition coefficient (Wildman–Crippen LogP) is 5.68. The van der Waals surface area contributed by atoms with Gasteiger partial charge in [0, 0.05) is 10.8 Å². The third-order valence-corrected chi connectivity index (χ3v) is 4.09. The standard InChI is InChI=1S/C17H8F6N2/c18-16(19,20)9-7-12(17(21,22)23)15-11-4-2-1-3-10(11)13-5-6-24-25(13)14(15)8-9/h1-8H. The number of nitrogens with zero attached hydrogens (tertiary/aromatic N) is 2. The van der Waals surface area contributed by atoms with E-state index in [9.17, 15) is 26.3 Å². The molecule has 0 atom stereocenters. The Morgan fingerprint density at radius 3 is 2.08 bits per heavy atom. The van der Waals surface area contributed by atoms with Gasteiger partial charge in [-0.05, 0) is 23.6 Å². The summed E-state index contributed by atoms with van der Waals surface area (Å²) in [7, 11) is 0. The van der Waals surface area contributed by atoms with Crippen LogP contribution in [0, 0.1) is 0 Å². The minimum atomic E-state index is -4.94. The highest BCUT2D eigenvalue weighted by molar-refractivity contribution is 6.13. The molecular weight excluding hydrogens is 346 g/mol. The minimum Gasteiger partial charge on any atom is -0.232 e. The number of rotatable bonds is 0. The Balaban J connectivity index is 2.34. The average molecular weight is 354 g/mol. The summed E-state index contributed by atoms with van der Waals surface area (Å²) in [5, 5.41) is 4.34. The Hall–Kier alpha value is -2.77. The van der Waals surface area contributed by atoms with Crippen LogP contribution in [-0.4, -0.2) is 9.61 Å². The van der Waals surface area contributed by atoms with Crippen molar-refractivity contribution < 1.29 is 26.3 Å². The van der Waals surface area contributed by atoms with Gasteiger partial charge in [-0.15, -0.1) is 0 Å². The first-order chi connectivity index (χ1) is 11.7. The molecule has 2 aromatic heterocycles. The first-order valence-electron chi connectivity index (χ1n) is 7.14. The first kappa shape index (κ1) is 15.7. The molecule has 0 saturated carbocycles. The van der Waals surface area contributed by atoms with Crippen LogP contribution in [0.4, 0.5) is 26.3 Å². The summed E-state index contributed by atoms with van der Waals surface area (Å²) >= 11 is 0. The van der Waals surface area contributed by atoms with Crippen molar-refractivity contribution in [1.29, 1.82) is 0 Å². The number of hydrogen-bond donors (Lipinski definition) is 0. The smallest absolute Gasteiger partial charge is 0.232 e. The van der Waals surface area contributed by atoms with Crippen LogP contribution in [-0.2, 0) is 12.4 Å². The fourth-order valence-electron chi connectivity index (χ4n) is 3.09. The molecule has 0 aliphatic carbocycles. The van der Waals surface area contributed by atoms with Crippen molar-refractivity contribution in [2.45, 2.75) is 12.4 Å². The van der Waals surface area contributed by atoms with Crippen LogP contribution in [0.3, 0.4) is 0 Å². The molecule has 0 amide bonds. The number of fused-ring (bicyclic) bond motifs is 6. The third-order valence-electron chi connectivity index (χ3n) is 4.09. The maximum absolute atomic E-state index is 13.5. The number of hydrogen-bond acceptors (Lipinski definition) is 1. The molecule has 0 aliphatic heterocycles. The highest BCUT2D eigenvalue weighted by atomic mass is 19.4. The van der Waals surface area contributed by atoms with Gasteiger partial charge in [0.15, 0.2) is 0 Å². The van der Waals surface area contributed by atoms with Gasteiger partial charge in [-0.3, -0.25) is 0 Å². The lowest BCUT2D eigenvalue weighted by atomic mass is 9.97. The van der Waals surface area contributed by atoms with Crippen molar-refractivity contribution in [3.05, 3.63) is 59.8 Å². The largest absolute Gasteiger partial charge is 0.417 e. The van der Waals surface area contributed by atoms with Gasteiger partial charge in [0.25, 0.3) is 0 Å². The van der Waals surface area contributed by atoms with Crippen molar-refractivity contribution in [3.8, 4) is 0 Å². The van der Waals surface area contributed by atoms with Crippen LogP contribution in [0.2, 0.25) is 0 Å². The zero-order chi connectivity index (χ0) is 18.0. The van der Waals surface area contributed by atoms with Gasteiger partial charge in [0.2, 0.25) is 0 Å². The number of pyridine rings is 1. The van der Waals surface area contributed by atoms with Crippen LogP contribution < -0.4 is 0 Å². The summed E-state index contributed by atoms with van der Waals surface area (Å²) in [6.45, 7) is 0. The van der Waals surface area contributed by atoms with E-state index in [1.165, 1.54) is 12.3 Å². The lowest BCUT2D eigenvalue weighted by molar-refractivity contribution is -0.142. The van der Waals surface area contributed by atoms with Crippen LogP contribution in [0.1, 0.15) is 11.1 Å². The van der Waals surface area contributed by atoms with E-state index in [1.807, 2.05) is 0 Å². The van der Waals surface area contributed by atoms with E-state index in [2.05, 4.69) is 5.10 Å². The molecule has 25 heavy (non-hydrogen) atoms. The monoisotopic (exact) mass is 354 g/mol. The molecule has 8 heteroatoms. The van der Waals surface area contributed by atoms with Crippen LogP contribution >= 0.6 is 0 Å². The molecule has 0 unspecified atom stereocenters. The zero-order valence-electron chi connectivity index (χ0n) is 12.3. The van der Waals surface area contributed by atoms with E-state index in [4.69, 9.17) is 0 Å². The van der Waals surface area contributed by atoms with Gasteiger partial charge < -0.3 is 0 Å². The van der Waals surface area contributed by atoms with Crippen molar-refractivity contribution in [2.75, 3.05) is 0 Å². The second-order valence-corrected chi connectivity index (χ2v) is 5.59. The van der Waals surface area contributed by atoms with Gasteiger partial charge in [-0.1, -0.05) is 24.3 Å². The number of halogens is 6. The Morgan fingerprint density at radius 1 is 0.760 bits per heavy atom. The summed E-state index contributed by atoms with van der Waals surface area (Å²) in [5.74, 6) is 0. The molecule has 0 aliphatic rings. The lowest BCUT2D eigenvalue weighted by Gasteiger charge is -2.17. The summed E-state index contributed by atoms with van der Waals surface area (Å²) in [6, 6.07) is 8.69. The Morgan fingerprint density at radius 2 is 1.44 bits per heavy atom. The fraction of sp³-hybridized carbons (Fsp3) is 0.118. The van der Waals surface area contributed by atoms with Crippen LogP contribution in [0.25, 0.3) is 27.2 Å². The van der Waals surface area contributed by atoms with E-state index < -0.39 is 23.5 Å². The molecule has 0 radical (unpaired) electrons. The number of alkyl halides is 6. The molecular formula is C17H8F6N2. The summed E-state index contributed by atoms with van der Waals surface area (Å²) in [6.07, 6.45) is -8.50. The first-order valence-corrected chi connectivity index (χ1v) is 7.14. The summed E-state index contributed by atoms with van der Waals surface area (Å²) in [5.41, 5.74) is -2.48. The van der Waals surface area contributed by atoms with E-state index in [0.29, 0.717) is 17.0 Å². The molecule has 128 valence electrons. The number of benzene rings is 2. The maximum Gasteiger partial charge on any atom is 0.417 e. The molecule has 0 fully saturated rings. The van der Waals surface area contributed by atoms with E-state index >= 15 is 0 Å². The quantitative estimate of drug-likeness (QED) is 0.293. The predicted molar refractivity (Wildman–Crippen MR) is 80.2 cm³/mol. The summed E-state index contributed by atoms with van der Waals surface area (Å²) in [4.78, 5) is 0. The second kappa shape index (κ2) is 4.87. The normalized spacial score (nSPS) is 13.2. The molecule has 0 saturated heterocycles. The van der Waals surface area contributed by atoms with Crippen LogP contribution in [0.15, 0.2) is 48.7 Å². The van der Waals surface area contributed by atoms with Crippen molar-refractivity contribution in [3.63, 3.8) is 0 Å². The SMILES string of the molecule is FC(F)(F)c1cc(C(F)(F)F)c2c3ccccc3c3ccnn3c2c1. The molecule has 2 nitrogen and oxygen atoms in total. The molecule has 4 aromatic rings. The van der Waals surface area contributed by atoms with Crippen molar-refractivity contribution in [2.24, 2.45) is 0 Å². The van der Waals surface area contributed by atoms with Gasteiger partial charge >= 0.3 is 12.4 Å². The van der Waals surface area contributed by atoms with E-state index in [0.717, 1.165) is 4.52 Å². The van der Waals surface area contributed by atoms with E-state index in [-0.39, 0.29) is 22.4 Å². The fourth-order valence-corrected chi connectivity index (χ4v) is 3.09. The highest BCUT2D eigenvalue weighted by Crippen LogP contribution is 2.42. The van der Waals surface area contributed by atoms with Gasteiger partial charge in [0.05, 0.1) is 28.4 Å². The van der Waals surface area contributed by atoms with Crippen molar-refractivity contribution in [1.82, 2.24) is 9.61 Å². The van der Waals surface area contributed by atoms with E-state index in [1.54, 1.807) is 24.3 Å². The topological polar surface area (TPSA) is 17.3 Å². The number of aromatic nitrogens is 2. The van der Waals surface area contributed by atoms with Crippen LogP contribution in [0.5, 0.6) is 0 Å². The van der Waals surface area contributed by atoms with Gasteiger partial charge in [-0.2, -0.15) is 31.4 Å². The molecule has 0 bridgehead atoms. The molecule has 0 spiro atoms. The second-order valence-electron chi connectivity index (χ2n) is 5.59. The summed E-state index contributed by atoms with van der Waals surface area (Å²) < 4.78 is 81.1. The third kappa shape index (κ3) is 2.32. The van der Waals surface area contributed by atoms with Crippen molar-refractivity contribution >= 4 is 27.2 Å². The highest BCUT2D eigenvalue weighted by Gasteiger charge is 2.39. The molecule has 4 rings (SSSR count). The maximum atomic E-state index is 13.5. The Kier molecular flexibility index (Phi) is 3.07. The Bertz CT molecular complexity index is 1120. The molecule has 0 N–H and O–H groups in total. The average Bonchev–Trinajstić information content (AvgIpc) is 3.02. The molecule has 2 aromatic carbocycles. The molecule has 2 heterocycles. The van der Waals surface area contributed by atoms with Gasteiger partial charge in [0.1, 0.15) is 0 Å².